The molecule has 2 aliphatic carbocycles. The van der Waals surface area contributed by atoms with Gasteiger partial charge >= 0.3 is 10.6 Å². The molecule has 0 spiro atoms. The Morgan fingerprint density at radius 3 is 1.52 bits per heavy atom. The summed E-state index contributed by atoms with van der Waals surface area (Å²) in [6.07, 6.45) is 23.7. The fraction of sp³-hybridized carbons (Fsp3) is 0.682. The molecule has 4 atom stereocenters. The van der Waals surface area contributed by atoms with Crippen molar-refractivity contribution in [1.29, 1.82) is 0 Å². The lowest BCUT2D eigenvalue weighted by molar-refractivity contribution is -0.634. The van der Waals surface area contributed by atoms with E-state index in [2.05, 4.69) is 21.6 Å². The molecule has 11 nitrogen and oxygen atoms in total. The smallest absolute Gasteiger partial charge is 0.425 e. The molecular formula is C44H70ClN2O9S4+. The summed E-state index contributed by atoms with van der Waals surface area (Å²) in [7, 11) is -3.74. The van der Waals surface area contributed by atoms with Crippen molar-refractivity contribution < 1.29 is 40.2 Å². The number of fused-ring (bicyclic) bond motifs is 2. The Bertz CT molecular complexity index is 1600. The molecule has 60 heavy (non-hydrogen) atoms. The number of rotatable bonds is 7. The van der Waals surface area contributed by atoms with Crippen LogP contribution >= 0.6 is 12.4 Å². The molecule has 1 N–H and O–H groups in total. The minimum Gasteiger partial charge on any atom is -0.707 e. The van der Waals surface area contributed by atoms with Crippen LogP contribution in [-0.4, -0.2) is 111 Å². The highest BCUT2D eigenvalue weighted by molar-refractivity contribution is 7.98. The highest BCUT2D eigenvalue weighted by Gasteiger charge is 2.31. The number of ketones is 2. The van der Waals surface area contributed by atoms with E-state index >= 15 is 0 Å². The Labute approximate surface area is 374 Å². The number of carbonyl (C=O) groups excluding carboxylic acids is 2. The average Bonchev–Trinajstić information content (AvgIpc) is 3.97. The first-order valence-corrected chi connectivity index (χ1v) is 27.8. The second kappa shape index (κ2) is 31.1. The molecule has 0 aromatic heterocycles. The van der Waals surface area contributed by atoms with Crippen molar-refractivity contribution >= 4 is 66.5 Å². The summed E-state index contributed by atoms with van der Waals surface area (Å²) in [5.41, 5.74) is 1.76. The SMILES string of the molecule is C1CCC2NCCCC2C1.CN1CCCC2CCCCC21.CS(=O)(=O)O[O-].Cl.O=C(C[S+]1CCCC1)c1ccccc1.O=C(C[S+]1CCCC1)c1ccccc1.O=S(=O)=O. The van der Waals surface area contributed by atoms with Gasteiger partial charge in [-0.2, -0.15) is 0 Å². The van der Waals surface area contributed by atoms with E-state index in [4.69, 9.17) is 17.9 Å². The number of hydrogen-bond donors (Lipinski definition) is 1. The van der Waals surface area contributed by atoms with Gasteiger partial charge in [-0.25, -0.2) is 8.42 Å². The Kier molecular flexibility index (Phi) is 28.2. The Hall–Kier alpha value is -1.82. The minimum absolute atomic E-state index is 0. The van der Waals surface area contributed by atoms with Crippen LogP contribution in [0, 0.1) is 11.8 Å². The van der Waals surface area contributed by atoms with Crippen molar-refractivity contribution in [2.24, 2.45) is 11.8 Å². The van der Waals surface area contributed by atoms with Crippen LogP contribution in [0.25, 0.3) is 0 Å². The molecule has 16 heteroatoms. The fourth-order valence-electron chi connectivity index (χ4n) is 8.85. The molecule has 340 valence electrons. The zero-order valence-corrected chi connectivity index (χ0v) is 39.8. The molecule has 2 saturated carbocycles. The lowest BCUT2D eigenvalue weighted by atomic mass is 9.79. The predicted octanol–water partition coefficient (Wildman–Crippen LogP) is 6.42. The average molecular weight is 935 g/mol. The molecule has 0 amide bonds. The molecule has 0 radical (unpaired) electrons. The topological polar surface area (TPSA) is 167 Å². The molecular weight excluding hydrogens is 864 g/mol. The van der Waals surface area contributed by atoms with Crippen LogP contribution in [-0.2, 0) is 46.9 Å². The minimum atomic E-state index is -3.72. The van der Waals surface area contributed by atoms with Gasteiger partial charge in [0, 0.05) is 23.2 Å². The van der Waals surface area contributed by atoms with Gasteiger partial charge in [0.15, 0.2) is 11.5 Å². The maximum absolute atomic E-state index is 11.8. The van der Waals surface area contributed by atoms with Crippen molar-refractivity contribution in [3.8, 4) is 0 Å². The Balaban J connectivity index is 0.000000257. The second-order valence-electron chi connectivity index (χ2n) is 16.3. The number of carbonyl (C=O) groups is 2. The van der Waals surface area contributed by atoms with Crippen LogP contribution in [0.4, 0.5) is 0 Å². The molecule has 4 aliphatic heterocycles. The van der Waals surface area contributed by atoms with E-state index in [1.807, 2.05) is 60.7 Å². The van der Waals surface area contributed by atoms with Gasteiger partial charge in [-0.05, 0) is 131 Å². The number of nitrogens with one attached hydrogen (secondary N) is 1. The molecule has 2 aromatic rings. The standard InChI is InChI=1S/2C12H15OS.C10H19N.C9H17N.CH4O4S.ClH.O3S/c2*13-12(10-14-8-4-5-9-14)11-6-2-1-3-7-11;1-11-8-4-6-9-5-2-3-7-10(9)11;1-2-6-9-8(4-1)5-3-7-10-9;1-6(3,4)5-2;;1-4(2)3/h2*1-3,6-7H,4-5,8-10H2;9-10H,2-8H2,1H3;8-10H,1-7H2;2H,1H3;1H;/q2*+1;;;;;/p-1. The molecule has 4 saturated heterocycles. The first-order chi connectivity index (χ1) is 28.4. The third-order valence-electron chi connectivity index (χ3n) is 11.8. The van der Waals surface area contributed by atoms with Crippen molar-refractivity contribution in [3.05, 3.63) is 71.8 Å². The van der Waals surface area contributed by atoms with Gasteiger partial charge in [-0.3, -0.25) is 9.59 Å². The normalized spacial score (nSPS) is 23.7. The second-order valence-corrected chi connectivity index (χ2v) is 22.9. The molecule has 2 aromatic carbocycles. The van der Waals surface area contributed by atoms with Gasteiger partial charge in [-0.1, -0.05) is 86.3 Å². The van der Waals surface area contributed by atoms with Crippen molar-refractivity contribution in [1.82, 2.24) is 10.2 Å². The molecule has 8 rings (SSSR count). The van der Waals surface area contributed by atoms with Gasteiger partial charge in [0.2, 0.25) is 11.6 Å². The van der Waals surface area contributed by atoms with Crippen molar-refractivity contribution in [2.75, 3.05) is 60.9 Å². The predicted molar refractivity (Wildman–Crippen MR) is 247 cm³/mol. The summed E-state index contributed by atoms with van der Waals surface area (Å²) in [5, 5.41) is 12.5. The fourth-order valence-corrected chi connectivity index (χ4v) is 13.4. The summed E-state index contributed by atoms with van der Waals surface area (Å²) in [5.74, 6) is 9.43. The quantitative estimate of drug-likeness (QED) is 0.141. The molecule has 4 unspecified atom stereocenters. The zero-order valence-electron chi connectivity index (χ0n) is 35.7. The molecule has 4 heterocycles. The van der Waals surface area contributed by atoms with E-state index in [1.54, 1.807) is 0 Å². The molecule has 6 fully saturated rings. The summed E-state index contributed by atoms with van der Waals surface area (Å²) in [6.45, 7) is 2.63. The Morgan fingerprint density at radius 2 is 1.08 bits per heavy atom. The van der Waals surface area contributed by atoms with E-state index in [9.17, 15) is 18.0 Å². The summed E-state index contributed by atoms with van der Waals surface area (Å²) >= 11 is 0. The lowest BCUT2D eigenvalue weighted by Crippen LogP contribution is -2.44. The van der Waals surface area contributed by atoms with Crippen molar-refractivity contribution in [2.45, 2.75) is 115 Å². The van der Waals surface area contributed by atoms with Gasteiger partial charge in [-0.15, -0.1) is 25.0 Å². The molecule has 0 bridgehead atoms. The summed E-state index contributed by atoms with van der Waals surface area (Å²) in [6, 6.07) is 21.2. The highest BCUT2D eigenvalue weighted by Crippen LogP contribution is 2.34. The molecule has 6 aliphatic rings. The maximum Gasteiger partial charge on any atom is 0.425 e. The largest absolute Gasteiger partial charge is 0.707 e. The van der Waals surface area contributed by atoms with E-state index in [1.165, 1.54) is 139 Å². The third-order valence-corrected chi connectivity index (χ3v) is 16.9. The number of likely N-dealkylation sites (tertiary alicyclic amines) is 1. The number of hydrogen-bond acceptors (Lipinski definition) is 11. The maximum atomic E-state index is 11.8. The van der Waals surface area contributed by atoms with Crippen LogP contribution in [0.5, 0.6) is 0 Å². The number of piperidine rings is 2. The van der Waals surface area contributed by atoms with E-state index in [0.717, 1.165) is 46.6 Å². The third kappa shape index (κ3) is 23.0. The first kappa shape index (κ1) is 54.3. The lowest BCUT2D eigenvalue weighted by Gasteiger charge is -2.42. The number of Topliss-reactive ketones (excluding diaryl/α,β-unsaturated/α-hetero) is 2. The van der Waals surface area contributed by atoms with Crippen LogP contribution in [0.15, 0.2) is 60.7 Å². The van der Waals surface area contributed by atoms with Crippen LogP contribution < -0.4 is 10.6 Å². The Morgan fingerprint density at radius 1 is 0.683 bits per heavy atom. The zero-order chi connectivity index (χ0) is 42.9. The van der Waals surface area contributed by atoms with Gasteiger partial charge in [0.05, 0.1) is 6.26 Å². The van der Waals surface area contributed by atoms with Crippen molar-refractivity contribution in [3.63, 3.8) is 0 Å². The summed E-state index contributed by atoms with van der Waals surface area (Å²) < 4.78 is 46.9. The number of nitrogens with zero attached hydrogens (tertiary/aromatic N) is 1. The first-order valence-electron chi connectivity index (χ1n) is 21.5. The number of benzene rings is 2. The van der Waals surface area contributed by atoms with Crippen LogP contribution in [0.1, 0.15) is 123 Å². The van der Waals surface area contributed by atoms with Crippen LogP contribution in [0.2, 0.25) is 0 Å². The summed E-state index contributed by atoms with van der Waals surface area (Å²) in [4.78, 5) is 26.2. The van der Waals surface area contributed by atoms with Gasteiger partial charge in [0.25, 0.3) is 10.1 Å². The highest BCUT2D eigenvalue weighted by atomic mass is 35.5. The number of halogens is 1. The monoisotopic (exact) mass is 933 g/mol. The van der Waals surface area contributed by atoms with E-state index < -0.39 is 20.7 Å². The van der Waals surface area contributed by atoms with E-state index in [0.29, 0.717) is 39.6 Å². The van der Waals surface area contributed by atoms with E-state index in [-0.39, 0.29) is 12.4 Å². The van der Waals surface area contributed by atoms with Crippen LogP contribution in [0.3, 0.4) is 0 Å². The van der Waals surface area contributed by atoms with Gasteiger partial charge < -0.3 is 19.8 Å². The van der Waals surface area contributed by atoms with Gasteiger partial charge in [0.1, 0.15) is 23.0 Å².